The topological polar surface area (TPSA) is 40.6 Å². The van der Waals surface area contributed by atoms with Gasteiger partial charge in [0.25, 0.3) is 0 Å². The van der Waals surface area contributed by atoms with E-state index in [-0.39, 0.29) is 24.2 Å². The van der Waals surface area contributed by atoms with E-state index in [0.717, 1.165) is 5.69 Å². The van der Waals surface area contributed by atoms with E-state index >= 15 is 0 Å². The first-order valence-corrected chi connectivity index (χ1v) is 6.14. The smallest absolute Gasteiger partial charge is 0.227 e. The number of amides is 2. The highest BCUT2D eigenvalue weighted by Crippen LogP contribution is 2.26. The molecule has 4 nitrogen and oxygen atoms in total. The number of hydrogen-bond acceptors (Lipinski definition) is 2. The summed E-state index contributed by atoms with van der Waals surface area (Å²) >= 11 is 5.81. The lowest BCUT2D eigenvalue weighted by Crippen LogP contribution is -2.32. The van der Waals surface area contributed by atoms with Crippen LogP contribution in [0.15, 0.2) is 24.3 Å². The molecular weight excluding hydrogens is 252 g/mol. The Hall–Kier alpha value is -1.55. The largest absolute Gasteiger partial charge is 0.349 e. The van der Waals surface area contributed by atoms with Crippen molar-refractivity contribution in [1.82, 2.24) is 4.90 Å². The second kappa shape index (κ2) is 4.98. The number of benzene rings is 1. The highest BCUT2D eigenvalue weighted by Gasteiger charge is 2.35. The Morgan fingerprint density at radius 3 is 2.50 bits per heavy atom. The van der Waals surface area contributed by atoms with Gasteiger partial charge in [-0.1, -0.05) is 11.6 Å². The Bertz CT molecular complexity index is 470. The minimum atomic E-state index is -0.247. The lowest BCUT2D eigenvalue weighted by Gasteiger charge is -2.18. The molecule has 5 heteroatoms. The van der Waals surface area contributed by atoms with Gasteiger partial charge in [0.2, 0.25) is 11.8 Å². The van der Waals surface area contributed by atoms with Crippen LogP contribution in [0, 0.1) is 5.92 Å². The Labute approximate surface area is 111 Å². The zero-order chi connectivity index (χ0) is 13.3. The molecule has 0 bridgehead atoms. The van der Waals surface area contributed by atoms with E-state index in [2.05, 4.69) is 0 Å². The van der Waals surface area contributed by atoms with Gasteiger partial charge in [0.1, 0.15) is 0 Å². The van der Waals surface area contributed by atoms with Crippen molar-refractivity contribution in [3.8, 4) is 0 Å². The molecule has 0 spiro atoms. The van der Waals surface area contributed by atoms with Crippen molar-refractivity contribution in [3.63, 3.8) is 0 Å². The van der Waals surface area contributed by atoms with Crippen LogP contribution < -0.4 is 4.90 Å². The molecule has 96 valence electrons. The first kappa shape index (κ1) is 12.9. The highest BCUT2D eigenvalue weighted by molar-refractivity contribution is 6.30. The third kappa shape index (κ3) is 2.48. The van der Waals surface area contributed by atoms with Gasteiger partial charge in [0.05, 0.1) is 5.92 Å². The SMILES string of the molecule is CN(C)C(=O)[C@H]1CC(=O)N(c2ccc(Cl)cc2)C1. The molecular formula is C13H15ClN2O2. The molecule has 1 fully saturated rings. The average Bonchev–Trinajstić information content (AvgIpc) is 2.71. The fourth-order valence-electron chi connectivity index (χ4n) is 2.11. The zero-order valence-corrected chi connectivity index (χ0v) is 11.1. The molecule has 0 unspecified atom stereocenters. The van der Waals surface area contributed by atoms with Crippen LogP contribution in [0.2, 0.25) is 5.02 Å². The summed E-state index contributed by atoms with van der Waals surface area (Å²) in [7, 11) is 3.41. The number of carbonyl (C=O) groups is 2. The lowest BCUT2D eigenvalue weighted by atomic mass is 10.1. The van der Waals surface area contributed by atoms with Crippen LogP contribution in [0.4, 0.5) is 5.69 Å². The third-order valence-corrected chi connectivity index (χ3v) is 3.31. The summed E-state index contributed by atoms with van der Waals surface area (Å²) in [6, 6.07) is 7.07. The van der Waals surface area contributed by atoms with E-state index < -0.39 is 0 Å². The van der Waals surface area contributed by atoms with E-state index in [9.17, 15) is 9.59 Å². The number of halogens is 1. The van der Waals surface area contributed by atoms with Crippen LogP contribution >= 0.6 is 11.6 Å². The highest BCUT2D eigenvalue weighted by atomic mass is 35.5. The van der Waals surface area contributed by atoms with Gasteiger partial charge in [-0.2, -0.15) is 0 Å². The maximum Gasteiger partial charge on any atom is 0.227 e. The maximum atomic E-state index is 11.9. The van der Waals surface area contributed by atoms with Crippen LogP contribution in [0.3, 0.4) is 0 Å². The van der Waals surface area contributed by atoms with Gasteiger partial charge in [0.15, 0.2) is 0 Å². The normalized spacial score (nSPS) is 19.2. The molecule has 1 aliphatic rings. The number of carbonyl (C=O) groups excluding carboxylic acids is 2. The van der Waals surface area contributed by atoms with E-state index in [1.54, 1.807) is 43.3 Å². The van der Waals surface area contributed by atoms with Crippen molar-refractivity contribution < 1.29 is 9.59 Å². The average molecular weight is 267 g/mol. The van der Waals surface area contributed by atoms with Crippen LogP contribution in [0.25, 0.3) is 0 Å². The molecule has 1 heterocycles. The van der Waals surface area contributed by atoms with E-state index in [1.807, 2.05) is 0 Å². The molecule has 2 amide bonds. The molecule has 0 radical (unpaired) electrons. The zero-order valence-electron chi connectivity index (χ0n) is 10.4. The molecule has 1 atom stereocenters. The number of nitrogens with zero attached hydrogens (tertiary/aromatic N) is 2. The molecule has 1 aromatic rings. The molecule has 0 saturated carbocycles. The van der Waals surface area contributed by atoms with Crippen LogP contribution in [-0.2, 0) is 9.59 Å². The van der Waals surface area contributed by atoms with Crippen molar-refractivity contribution in [2.75, 3.05) is 25.5 Å². The van der Waals surface area contributed by atoms with Gasteiger partial charge in [-0.15, -0.1) is 0 Å². The molecule has 2 rings (SSSR count). The second-order valence-electron chi connectivity index (χ2n) is 4.61. The fourth-order valence-corrected chi connectivity index (χ4v) is 2.23. The van der Waals surface area contributed by atoms with Gasteiger partial charge in [-0.05, 0) is 24.3 Å². The minimum Gasteiger partial charge on any atom is -0.349 e. The molecule has 18 heavy (non-hydrogen) atoms. The Morgan fingerprint density at radius 1 is 1.33 bits per heavy atom. The number of hydrogen-bond donors (Lipinski definition) is 0. The van der Waals surface area contributed by atoms with Crippen molar-refractivity contribution in [3.05, 3.63) is 29.3 Å². The second-order valence-corrected chi connectivity index (χ2v) is 5.05. The first-order valence-electron chi connectivity index (χ1n) is 5.76. The quantitative estimate of drug-likeness (QED) is 0.819. The predicted octanol–water partition coefficient (Wildman–Crippen LogP) is 1.78. The Balaban J connectivity index is 2.15. The number of rotatable bonds is 2. The van der Waals surface area contributed by atoms with Crippen molar-refractivity contribution in [1.29, 1.82) is 0 Å². The van der Waals surface area contributed by atoms with Crippen LogP contribution in [0.1, 0.15) is 6.42 Å². The van der Waals surface area contributed by atoms with Crippen LogP contribution in [0.5, 0.6) is 0 Å². The third-order valence-electron chi connectivity index (χ3n) is 3.05. The summed E-state index contributed by atoms with van der Waals surface area (Å²) in [5, 5.41) is 0.631. The van der Waals surface area contributed by atoms with Crippen molar-refractivity contribution >= 4 is 29.1 Å². The maximum absolute atomic E-state index is 11.9. The summed E-state index contributed by atoms with van der Waals surface area (Å²) in [6.07, 6.45) is 0.277. The predicted molar refractivity (Wildman–Crippen MR) is 70.6 cm³/mol. The summed E-state index contributed by atoms with van der Waals surface area (Å²) in [6.45, 7) is 0.442. The fraction of sp³-hybridized carbons (Fsp3) is 0.385. The Kier molecular flexibility index (Phi) is 3.57. The first-order chi connectivity index (χ1) is 8.49. The lowest BCUT2D eigenvalue weighted by molar-refractivity contribution is -0.133. The van der Waals surface area contributed by atoms with Crippen molar-refractivity contribution in [2.24, 2.45) is 5.92 Å². The van der Waals surface area contributed by atoms with Gasteiger partial charge in [0, 0.05) is 37.8 Å². The Morgan fingerprint density at radius 2 is 1.94 bits per heavy atom. The molecule has 0 aliphatic carbocycles. The number of anilines is 1. The summed E-state index contributed by atoms with van der Waals surface area (Å²) in [4.78, 5) is 26.9. The van der Waals surface area contributed by atoms with Gasteiger partial charge < -0.3 is 9.80 Å². The molecule has 1 aliphatic heterocycles. The van der Waals surface area contributed by atoms with Gasteiger partial charge >= 0.3 is 0 Å². The molecule has 0 aromatic heterocycles. The van der Waals surface area contributed by atoms with E-state index in [4.69, 9.17) is 11.6 Å². The molecule has 0 N–H and O–H groups in total. The standard InChI is InChI=1S/C13H15ClN2O2/c1-15(2)13(18)9-7-12(17)16(8-9)11-5-3-10(14)4-6-11/h3-6,9H,7-8H2,1-2H3/t9-/m0/s1. The van der Waals surface area contributed by atoms with Crippen LogP contribution in [-0.4, -0.2) is 37.4 Å². The molecule has 1 saturated heterocycles. The summed E-state index contributed by atoms with van der Waals surface area (Å²) in [5.41, 5.74) is 0.790. The van der Waals surface area contributed by atoms with Gasteiger partial charge in [-0.3, -0.25) is 9.59 Å². The van der Waals surface area contributed by atoms with Crippen molar-refractivity contribution in [2.45, 2.75) is 6.42 Å². The molecule has 1 aromatic carbocycles. The monoisotopic (exact) mass is 266 g/mol. The summed E-state index contributed by atoms with van der Waals surface area (Å²) in [5.74, 6) is -0.263. The minimum absolute atomic E-state index is 0.000173. The van der Waals surface area contributed by atoms with E-state index in [1.165, 1.54) is 4.90 Å². The summed E-state index contributed by atoms with van der Waals surface area (Å²) < 4.78 is 0. The van der Waals surface area contributed by atoms with E-state index in [0.29, 0.717) is 11.6 Å². The van der Waals surface area contributed by atoms with Gasteiger partial charge in [-0.25, -0.2) is 0 Å².